The Kier molecular flexibility index (Phi) is 3.91. The van der Waals surface area contributed by atoms with Gasteiger partial charge >= 0.3 is 0 Å². The molecule has 116 valence electrons. The van der Waals surface area contributed by atoms with Crippen LogP contribution in [0.25, 0.3) is 10.1 Å². The van der Waals surface area contributed by atoms with Crippen LogP contribution in [0.2, 0.25) is 0 Å². The molecule has 2 atom stereocenters. The molecule has 22 heavy (non-hydrogen) atoms. The van der Waals surface area contributed by atoms with Crippen LogP contribution in [-0.4, -0.2) is 23.4 Å². The maximum Gasteiger partial charge on any atom is 0.222 e. The highest BCUT2D eigenvalue weighted by Crippen LogP contribution is 2.34. The number of benzene rings is 1. The van der Waals surface area contributed by atoms with E-state index in [1.807, 2.05) is 11.3 Å². The average molecular weight is 313 g/mol. The number of fused-ring (bicyclic) bond motifs is 1. The molecule has 2 heterocycles. The van der Waals surface area contributed by atoms with Crippen LogP contribution < -0.4 is 0 Å². The fourth-order valence-corrected chi connectivity index (χ4v) is 5.39. The molecule has 0 spiro atoms. The van der Waals surface area contributed by atoms with Crippen LogP contribution in [0.4, 0.5) is 0 Å². The summed E-state index contributed by atoms with van der Waals surface area (Å²) in [6.45, 7) is 0.999. The quantitative estimate of drug-likeness (QED) is 0.809. The van der Waals surface area contributed by atoms with E-state index in [0.29, 0.717) is 11.9 Å². The van der Waals surface area contributed by atoms with Crippen molar-refractivity contribution in [2.75, 3.05) is 6.54 Å². The average Bonchev–Trinajstić information content (AvgIpc) is 3.12. The second-order valence-corrected chi connectivity index (χ2v) is 8.00. The molecule has 1 saturated carbocycles. The van der Waals surface area contributed by atoms with Crippen molar-refractivity contribution < 1.29 is 4.79 Å². The molecule has 4 rings (SSSR count). The van der Waals surface area contributed by atoms with E-state index in [2.05, 4.69) is 35.2 Å². The minimum absolute atomic E-state index is 0.396. The molecule has 2 unspecified atom stereocenters. The largest absolute Gasteiger partial charge is 0.340 e. The Morgan fingerprint density at radius 2 is 2.09 bits per heavy atom. The molecule has 1 aromatic carbocycles. The monoisotopic (exact) mass is 313 g/mol. The standard InChI is InChI=1S/C19H23NOS/c21-19-9-4-10-20(19)16-7-3-5-14(11-16)12-17-13-15-6-1-2-8-18(15)22-17/h1-2,6,8,13-14,16H,3-5,7,9-12H2. The van der Waals surface area contributed by atoms with Gasteiger partial charge in [-0.1, -0.05) is 24.6 Å². The zero-order valence-electron chi connectivity index (χ0n) is 13.0. The van der Waals surface area contributed by atoms with Gasteiger partial charge in [-0.3, -0.25) is 4.79 Å². The third kappa shape index (κ3) is 2.79. The lowest BCUT2D eigenvalue weighted by Gasteiger charge is -2.35. The Morgan fingerprint density at radius 1 is 1.18 bits per heavy atom. The Balaban J connectivity index is 1.45. The van der Waals surface area contributed by atoms with Gasteiger partial charge in [0.15, 0.2) is 0 Å². The molecule has 3 heteroatoms. The summed E-state index contributed by atoms with van der Waals surface area (Å²) in [5, 5.41) is 1.38. The molecular formula is C19H23NOS. The summed E-state index contributed by atoms with van der Waals surface area (Å²) in [6.07, 6.45) is 8.07. The van der Waals surface area contributed by atoms with Crippen molar-refractivity contribution in [3.05, 3.63) is 35.2 Å². The van der Waals surface area contributed by atoms with Crippen molar-refractivity contribution in [2.24, 2.45) is 5.92 Å². The molecule has 1 saturated heterocycles. The molecular weight excluding hydrogens is 290 g/mol. The van der Waals surface area contributed by atoms with Crippen LogP contribution in [0.5, 0.6) is 0 Å². The van der Waals surface area contributed by atoms with Crippen LogP contribution in [0.3, 0.4) is 0 Å². The Hall–Kier alpha value is -1.35. The number of carbonyl (C=O) groups is 1. The second kappa shape index (κ2) is 6.04. The molecule has 0 N–H and O–H groups in total. The van der Waals surface area contributed by atoms with E-state index >= 15 is 0 Å². The van der Waals surface area contributed by atoms with Gasteiger partial charge in [0, 0.05) is 28.6 Å². The first-order chi connectivity index (χ1) is 10.8. The number of hydrogen-bond donors (Lipinski definition) is 0. The highest BCUT2D eigenvalue weighted by molar-refractivity contribution is 7.19. The Morgan fingerprint density at radius 3 is 2.91 bits per heavy atom. The minimum atomic E-state index is 0.396. The van der Waals surface area contributed by atoms with E-state index in [1.165, 1.54) is 47.1 Å². The Labute approximate surface area is 136 Å². The van der Waals surface area contributed by atoms with Gasteiger partial charge in [0.1, 0.15) is 0 Å². The third-order valence-corrected chi connectivity index (χ3v) is 6.41. The number of hydrogen-bond acceptors (Lipinski definition) is 2. The van der Waals surface area contributed by atoms with Crippen LogP contribution in [-0.2, 0) is 11.2 Å². The van der Waals surface area contributed by atoms with Gasteiger partial charge < -0.3 is 4.90 Å². The van der Waals surface area contributed by atoms with Crippen molar-refractivity contribution in [1.82, 2.24) is 4.90 Å². The summed E-state index contributed by atoms with van der Waals surface area (Å²) in [6, 6.07) is 11.6. The summed E-state index contributed by atoms with van der Waals surface area (Å²) >= 11 is 1.94. The highest BCUT2D eigenvalue weighted by atomic mass is 32.1. The smallest absolute Gasteiger partial charge is 0.222 e. The zero-order valence-corrected chi connectivity index (χ0v) is 13.8. The fraction of sp³-hybridized carbons (Fsp3) is 0.526. The molecule has 2 nitrogen and oxygen atoms in total. The molecule has 1 aliphatic heterocycles. The summed E-state index contributed by atoms with van der Waals surface area (Å²) in [5.74, 6) is 1.15. The van der Waals surface area contributed by atoms with E-state index in [1.54, 1.807) is 0 Å². The Bertz CT molecular complexity index is 644. The predicted octanol–water partition coefficient (Wildman–Crippen LogP) is 4.63. The fourth-order valence-electron chi connectivity index (χ4n) is 4.21. The van der Waals surface area contributed by atoms with Crippen molar-refractivity contribution >= 4 is 27.3 Å². The lowest BCUT2D eigenvalue weighted by Crippen LogP contribution is -2.39. The van der Waals surface area contributed by atoms with E-state index < -0.39 is 0 Å². The van der Waals surface area contributed by atoms with E-state index in [0.717, 1.165) is 25.3 Å². The van der Waals surface area contributed by atoms with Gasteiger partial charge in [0.2, 0.25) is 5.91 Å². The van der Waals surface area contributed by atoms with Crippen LogP contribution in [0.15, 0.2) is 30.3 Å². The number of amides is 1. The van der Waals surface area contributed by atoms with Gasteiger partial charge in [0.25, 0.3) is 0 Å². The van der Waals surface area contributed by atoms with Gasteiger partial charge in [-0.25, -0.2) is 0 Å². The maximum absolute atomic E-state index is 12.0. The summed E-state index contributed by atoms with van der Waals surface area (Å²) in [7, 11) is 0. The minimum Gasteiger partial charge on any atom is -0.340 e. The molecule has 1 aliphatic carbocycles. The van der Waals surface area contributed by atoms with Crippen molar-refractivity contribution in [1.29, 1.82) is 0 Å². The number of carbonyl (C=O) groups excluding carboxylic acids is 1. The van der Waals surface area contributed by atoms with Gasteiger partial charge in [-0.15, -0.1) is 11.3 Å². The first-order valence-electron chi connectivity index (χ1n) is 8.56. The summed E-state index contributed by atoms with van der Waals surface area (Å²) in [4.78, 5) is 15.7. The first kappa shape index (κ1) is 14.3. The SMILES string of the molecule is O=C1CCCN1C1CCCC(Cc2cc3ccccc3s2)C1. The van der Waals surface area contributed by atoms with Crippen LogP contribution in [0, 0.1) is 5.92 Å². The highest BCUT2D eigenvalue weighted by Gasteiger charge is 2.32. The number of nitrogens with zero attached hydrogens (tertiary/aromatic N) is 1. The number of likely N-dealkylation sites (tertiary alicyclic amines) is 1. The van der Waals surface area contributed by atoms with Crippen molar-refractivity contribution in [3.8, 4) is 0 Å². The van der Waals surface area contributed by atoms with Gasteiger partial charge in [0.05, 0.1) is 0 Å². The van der Waals surface area contributed by atoms with Gasteiger partial charge in [-0.05, 0) is 55.5 Å². The predicted molar refractivity (Wildman–Crippen MR) is 92.2 cm³/mol. The first-order valence-corrected chi connectivity index (χ1v) is 9.38. The topological polar surface area (TPSA) is 20.3 Å². The van der Waals surface area contributed by atoms with Crippen LogP contribution in [0.1, 0.15) is 43.4 Å². The van der Waals surface area contributed by atoms with E-state index in [4.69, 9.17) is 0 Å². The van der Waals surface area contributed by atoms with Crippen molar-refractivity contribution in [3.63, 3.8) is 0 Å². The number of rotatable bonds is 3. The van der Waals surface area contributed by atoms with E-state index in [9.17, 15) is 4.79 Å². The lowest BCUT2D eigenvalue weighted by molar-refractivity contribution is -0.130. The molecule has 2 aliphatic rings. The molecule has 0 radical (unpaired) electrons. The number of thiophene rings is 1. The second-order valence-electron chi connectivity index (χ2n) is 6.83. The lowest BCUT2D eigenvalue weighted by atomic mass is 9.83. The molecule has 2 aromatic rings. The zero-order chi connectivity index (χ0) is 14.9. The molecule has 1 aromatic heterocycles. The maximum atomic E-state index is 12.0. The van der Waals surface area contributed by atoms with Crippen LogP contribution >= 0.6 is 11.3 Å². The summed E-state index contributed by atoms with van der Waals surface area (Å²) in [5.41, 5.74) is 0. The van der Waals surface area contributed by atoms with E-state index in [-0.39, 0.29) is 0 Å². The normalized spacial score (nSPS) is 26.0. The van der Waals surface area contributed by atoms with Gasteiger partial charge in [-0.2, -0.15) is 0 Å². The molecule has 1 amide bonds. The third-order valence-electron chi connectivity index (χ3n) is 5.27. The molecule has 2 fully saturated rings. The molecule has 0 bridgehead atoms. The van der Waals surface area contributed by atoms with Crippen molar-refractivity contribution in [2.45, 2.75) is 51.0 Å². The summed E-state index contributed by atoms with van der Waals surface area (Å²) < 4.78 is 1.40.